The van der Waals surface area contributed by atoms with Gasteiger partial charge in [0.05, 0.1) is 12.3 Å². The number of hydrogen-bond donors (Lipinski definition) is 2. The standard InChI is InChI=1S/C11H16N2O/c1-2-13-10-6-7-14-11-8(10)4-3-5-9(11)12/h3-5,10,13H,2,6-7,12H2,1H3. The molecule has 3 heteroatoms. The summed E-state index contributed by atoms with van der Waals surface area (Å²) >= 11 is 0. The van der Waals surface area contributed by atoms with Gasteiger partial charge in [-0.25, -0.2) is 0 Å². The average molecular weight is 192 g/mol. The quantitative estimate of drug-likeness (QED) is 0.701. The number of rotatable bonds is 2. The topological polar surface area (TPSA) is 47.3 Å². The van der Waals surface area contributed by atoms with Crippen LogP contribution in [0.2, 0.25) is 0 Å². The molecule has 0 saturated carbocycles. The number of benzene rings is 1. The van der Waals surface area contributed by atoms with Gasteiger partial charge in [0.1, 0.15) is 5.75 Å². The molecule has 0 fully saturated rings. The molecule has 0 bridgehead atoms. The van der Waals surface area contributed by atoms with Crippen LogP contribution in [0.4, 0.5) is 5.69 Å². The molecule has 1 heterocycles. The van der Waals surface area contributed by atoms with Gasteiger partial charge in [0, 0.05) is 18.0 Å². The number of ether oxygens (including phenoxy) is 1. The van der Waals surface area contributed by atoms with E-state index >= 15 is 0 Å². The molecule has 14 heavy (non-hydrogen) atoms. The molecule has 1 atom stereocenters. The molecular formula is C11H16N2O. The number of para-hydroxylation sites is 1. The number of nitrogens with one attached hydrogen (secondary N) is 1. The molecule has 2 rings (SSSR count). The van der Waals surface area contributed by atoms with E-state index in [2.05, 4.69) is 18.3 Å². The van der Waals surface area contributed by atoms with Crippen LogP contribution in [0.15, 0.2) is 18.2 Å². The summed E-state index contributed by atoms with van der Waals surface area (Å²) in [5, 5.41) is 3.43. The van der Waals surface area contributed by atoms with Crippen LogP contribution in [-0.4, -0.2) is 13.2 Å². The van der Waals surface area contributed by atoms with E-state index in [1.54, 1.807) is 0 Å². The highest BCUT2D eigenvalue weighted by molar-refractivity contribution is 5.58. The van der Waals surface area contributed by atoms with Gasteiger partial charge in [-0.15, -0.1) is 0 Å². The van der Waals surface area contributed by atoms with Crippen molar-refractivity contribution in [2.24, 2.45) is 0 Å². The van der Waals surface area contributed by atoms with E-state index in [9.17, 15) is 0 Å². The van der Waals surface area contributed by atoms with Gasteiger partial charge in [-0.2, -0.15) is 0 Å². The highest BCUT2D eigenvalue weighted by atomic mass is 16.5. The van der Waals surface area contributed by atoms with Gasteiger partial charge in [-0.1, -0.05) is 19.1 Å². The van der Waals surface area contributed by atoms with Gasteiger partial charge in [0.15, 0.2) is 0 Å². The van der Waals surface area contributed by atoms with Crippen molar-refractivity contribution in [3.8, 4) is 5.75 Å². The zero-order valence-electron chi connectivity index (χ0n) is 8.42. The normalized spacial score (nSPS) is 19.9. The van der Waals surface area contributed by atoms with E-state index in [0.717, 1.165) is 31.0 Å². The van der Waals surface area contributed by atoms with Gasteiger partial charge >= 0.3 is 0 Å². The maximum atomic E-state index is 5.85. The first-order chi connectivity index (χ1) is 6.83. The summed E-state index contributed by atoms with van der Waals surface area (Å²) in [5.41, 5.74) is 7.78. The molecule has 1 unspecified atom stereocenters. The third kappa shape index (κ3) is 1.55. The SMILES string of the molecule is CCNC1CCOc2c(N)cccc21. The highest BCUT2D eigenvalue weighted by Gasteiger charge is 2.21. The van der Waals surface area contributed by atoms with Gasteiger partial charge in [0.2, 0.25) is 0 Å². The van der Waals surface area contributed by atoms with E-state index < -0.39 is 0 Å². The average Bonchev–Trinajstić information content (AvgIpc) is 2.20. The molecular weight excluding hydrogens is 176 g/mol. The first-order valence-corrected chi connectivity index (χ1v) is 5.07. The van der Waals surface area contributed by atoms with Crippen LogP contribution in [0.25, 0.3) is 0 Å². The molecule has 1 aliphatic heterocycles. The van der Waals surface area contributed by atoms with Crippen LogP contribution in [0.5, 0.6) is 5.75 Å². The first kappa shape index (κ1) is 9.34. The second-order valence-electron chi connectivity index (χ2n) is 3.51. The van der Waals surface area contributed by atoms with Crippen LogP contribution in [0.3, 0.4) is 0 Å². The monoisotopic (exact) mass is 192 g/mol. The lowest BCUT2D eigenvalue weighted by atomic mass is 10.00. The molecule has 0 aliphatic carbocycles. The van der Waals surface area contributed by atoms with Gasteiger partial charge in [-0.05, 0) is 12.6 Å². The Balaban J connectivity index is 2.34. The van der Waals surface area contributed by atoms with Crippen molar-refractivity contribution >= 4 is 5.69 Å². The van der Waals surface area contributed by atoms with Crippen LogP contribution < -0.4 is 15.8 Å². The van der Waals surface area contributed by atoms with Gasteiger partial charge in [-0.3, -0.25) is 0 Å². The van der Waals surface area contributed by atoms with E-state index in [-0.39, 0.29) is 0 Å². The summed E-state index contributed by atoms with van der Waals surface area (Å²) in [7, 11) is 0. The number of anilines is 1. The summed E-state index contributed by atoms with van der Waals surface area (Å²) in [6.07, 6.45) is 1.02. The second kappa shape index (κ2) is 3.88. The first-order valence-electron chi connectivity index (χ1n) is 5.07. The van der Waals surface area contributed by atoms with Crippen LogP contribution >= 0.6 is 0 Å². The molecule has 0 radical (unpaired) electrons. The Bertz CT molecular complexity index is 325. The molecule has 3 N–H and O–H groups in total. The molecule has 0 saturated heterocycles. The Labute approximate surface area is 84.3 Å². The number of nitrogen functional groups attached to an aromatic ring is 1. The lowest BCUT2D eigenvalue weighted by Crippen LogP contribution is -2.27. The largest absolute Gasteiger partial charge is 0.491 e. The summed E-state index contributed by atoms with van der Waals surface area (Å²) in [4.78, 5) is 0. The molecule has 1 aliphatic rings. The van der Waals surface area contributed by atoms with E-state index in [1.807, 2.05) is 12.1 Å². The Morgan fingerprint density at radius 2 is 2.43 bits per heavy atom. The Morgan fingerprint density at radius 3 is 3.21 bits per heavy atom. The summed E-state index contributed by atoms with van der Waals surface area (Å²) in [5.74, 6) is 0.865. The van der Waals surface area contributed by atoms with Crippen molar-refractivity contribution in [1.29, 1.82) is 0 Å². The third-order valence-corrected chi connectivity index (χ3v) is 2.55. The van der Waals surface area contributed by atoms with Crippen LogP contribution in [0.1, 0.15) is 24.9 Å². The summed E-state index contributed by atoms with van der Waals surface area (Å²) < 4.78 is 5.57. The zero-order valence-corrected chi connectivity index (χ0v) is 8.42. The van der Waals surface area contributed by atoms with Crippen molar-refractivity contribution in [2.75, 3.05) is 18.9 Å². The lowest BCUT2D eigenvalue weighted by molar-refractivity contribution is 0.255. The fourth-order valence-corrected chi connectivity index (χ4v) is 1.91. The molecule has 0 aromatic heterocycles. The summed E-state index contributed by atoms with van der Waals surface area (Å²) in [6.45, 7) is 3.83. The lowest BCUT2D eigenvalue weighted by Gasteiger charge is -2.27. The Kier molecular flexibility index (Phi) is 2.59. The van der Waals surface area contributed by atoms with Gasteiger partial charge < -0.3 is 15.8 Å². The predicted octanol–water partition coefficient (Wildman–Crippen LogP) is 1.70. The van der Waals surface area contributed by atoms with Gasteiger partial charge in [0.25, 0.3) is 0 Å². The van der Waals surface area contributed by atoms with E-state index in [4.69, 9.17) is 10.5 Å². The maximum Gasteiger partial charge on any atom is 0.146 e. The molecule has 0 amide bonds. The molecule has 1 aromatic carbocycles. The fourth-order valence-electron chi connectivity index (χ4n) is 1.91. The number of fused-ring (bicyclic) bond motifs is 1. The zero-order chi connectivity index (χ0) is 9.97. The molecule has 76 valence electrons. The van der Waals surface area contributed by atoms with Crippen molar-refractivity contribution < 1.29 is 4.74 Å². The number of nitrogens with two attached hydrogens (primary N) is 1. The molecule has 0 spiro atoms. The third-order valence-electron chi connectivity index (χ3n) is 2.55. The minimum atomic E-state index is 0.396. The Hall–Kier alpha value is -1.22. The van der Waals surface area contributed by atoms with Crippen molar-refractivity contribution in [2.45, 2.75) is 19.4 Å². The van der Waals surface area contributed by atoms with E-state index in [1.165, 1.54) is 5.56 Å². The summed E-state index contributed by atoms with van der Waals surface area (Å²) in [6, 6.07) is 6.34. The fraction of sp³-hybridized carbons (Fsp3) is 0.455. The molecule has 1 aromatic rings. The predicted molar refractivity (Wildman–Crippen MR) is 57.4 cm³/mol. The van der Waals surface area contributed by atoms with Crippen LogP contribution in [0, 0.1) is 0 Å². The minimum Gasteiger partial charge on any atom is -0.491 e. The van der Waals surface area contributed by atoms with Crippen molar-refractivity contribution in [3.63, 3.8) is 0 Å². The van der Waals surface area contributed by atoms with Crippen molar-refractivity contribution in [1.82, 2.24) is 5.32 Å². The Morgan fingerprint density at radius 1 is 1.57 bits per heavy atom. The molecule has 3 nitrogen and oxygen atoms in total. The maximum absolute atomic E-state index is 5.85. The van der Waals surface area contributed by atoms with Crippen LogP contribution in [-0.2, 0) is 0 Å². The second-order valence-corrected chi connectivity index (χ2v) is 3.51. The smallest absolute Gasteiger partial charge is 0.146 e. The van der Waals surface area contributed by atoms with E-state index in [0.29, 0.717) is 6.04 Å². The number of hydrogen-bond acceptors (Lipinski definition) is 3. The van der Waals surface area contributed by atoms with Crippen molar-refractivity contribution in [3.05, 3.63) is 23.8 Å². The highest BCUT2D eigenvalue weighted by Crippen LogP contribution is 2.36. The minimum absolute atomic E-state index is 0.396.